The summed E-state index contributed by atoms with van der Waals surface area (Å²) < 4.78 is 15.7. The highest BCUT2D eigenvalue weighted by molar-refractivity contribution is 5.78. The zero-order chi connectivity index (χ0) is 13.3. The Bertz CT molecular complexity index is 430. The lowest BCUT2D eigenvalue weighted by atomic mass is 10.1. The summed E-state index contributed by atoms with van der Waals surface area (Å²) in [5.74, 6) is 0.483. The minimum absolute atomic E-state index is 0.189. The molecule has 1 aromatic carbocycles. The van der Waals surface area contributed by atoms with Gasteiger partial charge in [0.1, 0.15) is 17.5 Å². The summed E-state index contributed by atoms with van der Waals surface area (Å²) >= 11 is 0. The summed E-state index contributed by atoms with van der Waals surface area (Å²) in [7, 11) is 1.62. The maximum Gasteiger partial charge on any atom is 0.338 e. The Morgan fingerprint density at radius 3 is 2.33 bits per heavy atom. The molecular formula is C14H18O4. The number of benzene rings is 1. The number of carbonyl (C=O) groups excluding carboxylic acids is 1. The van der Waals surface area contributed by atoms with E-state index in [1.54, 1.807) is 7.11 Å². The number of ether oxygens (including phenoxy) is 3. The molecule has 4 heteroatoms. The molecule has 2 rings (SSSR count). The zero-order valence-electron chi connectivity index (χ0n) is 11.1. The van der Waals surface area contributed by atoms with Crippen LogP contribution in [0.1, 0.15) is 32.4 Å². The van der Waals surface area contributed by atoms with Gasteiger partial charge < -0.3 is 14.2 Å². The van der Waals surface area contributed by atoms with Crippen LogP contribution in [-0.4, -0.2) is 24.8 Å². The number of hydrogen-bond donors (Lipinski definition) is 0. The van der Waals surface area contributed by atoms with Crippen LogP contribution in [0.2, 0.25) is 0 Å². The second-order valence-corrected chi connectivity index (χ2v) is 5.28. The first-order valence-electron chi connectivity index (χ1n) is 5.93. The number of epoxide rings is 1. The Labute approximate surface area is 107 Å². The fourth-order valence-electron chi connectivity index (χ4n) is 1.70. The lowest BCUT2D eigenvalue weighted by Crippen LogP contribution is -2.26. The molecule has 0 radical (unpaired) electrons. The molecule has 1 aromatic rings. The van der Waals surface area contributed by atoms with Crippen molar-refractivity contribution < 1.29 is 19.0 Å². The fraction of sp³-hybridized carbons (Fsp3) is 0.500. The predicted octanol–water partition coefficient (Wildman–Crippen LogP) is 2.48. The summed E-state index contributed by atoms with van der Waals surface area (Å²) in [5.41, 5.74) is 0.486. The van der Waals surface area contributed by atoms with Crippen molar-refractivity contribution in [2.24, 2.45) is 0 Å². The Hall–Kier alpha value is -1.55. The monoisotopic (exact) mass is 250 g/mol. The van der Waals surface area contributed by atoms with Crippen LogP contribution >= 0.6 is 0 Å². The molecule has 1 aliphatic heterocycles. The molecule has 0 saturated carbocycles. The average Bonchev–Trinajstić information content (AvgIpc) is 3.07. The van der Waals surface area contributed by atoms with E-state index >= 15 is 0 Å². The highest BCUT2D eigenvalue weighted by Gasteiger charge is 2.48. The van der Waals surface area contributed by atoms with Crippen molar-refractivity contribution in [3.63, 3.8) is 0 Å². The fourth-order valence-corrected chi connectivity index (χ4v) is 1.70. The van der Waals surface area contributed by atoms with Crippen LogP contribution < -0.4 is 4.74 Å². The highest BCUT2D eigenvalue weighted by atomic mass is 16.6. The number of hydrogen-bond acceptors (Lipinski definition) is 4. The van der Waals surface area contributed by atoms with Crippen molar-refractivity contribution in [3.05, 3.63) is 29.8 Å². The van der Waals surface area contributed by atoms with Gasteiger partial charge in [0, 0.05) is 0 Å². The quantitative estimate of drug-likeness (QED) is 0.611. The average molecular weight is 250 g/mol. The Kier molecular flexibility index (Phi) is 3.30. The molecule has 0 spiro atoms. The van der Waals surface area contributed by atoms with E-state index in [9.17, 15) is 4.79 Å². The molecule has 98 valence electrons. The number of carbonyl (C=O) groups is 1. The van der Waals surface area contributed by atoms with Gasteiger partial charge in [-0.2, -0.15) is 0 Å². The standard InChI is InChI=1S/C14H18O4/c1-14(2,3)18-13(15)12-11(17-12)9-5-7-10(16-4)8-6-9/h5-8,11-12H,1-4H3/t11-,12-/m0/s1. The topological polar surface area (TPSA) is 48.1 Å². The number of rotatable bonds is 3. The van der Waals surface area contributed by atoms with Gasteiger partial charge >= 0.3 is 5.97 Å². The largest absolute Gasteiger partial charge is 0.497 e. The number of esters is 1. The molecule has 0 amide bonds. The molecular weight excluding hydrogens is 232 g/mol. The van der Waals surface area contributed by atoms with Gasteiger partial charge in [0.05, 0.1) is 7.11 Å². The van der Waals surface area contributed by atoms with Crippen molar-refractivity contribution in [1.29, 1.82) is 0 Å². The molecule has 0 aromatic heterocycles. The Balaban J connectivity index is 1.96. The van der Waals surface area contributed by atoms with Crippen molar-refractivity contribution in [2.75, 3.05) is 7.11 Å². The van der Waals surface area contributed by atoms with E-state index < -0.39 is 11.7 Å². The Morgan fingerprint density at radius 1 is 1.22 bits per heavy atom. The normalized spacial score (nSPS) is 22.4. The minimum atomic E-state index is -0.479. The third-order valence-electron chi connectivity index (χ3n) is 2.58. The lowest BCUT2D eigenvalue weighted by Gasteiger charge is -2.18. The highest BCUT2D eigenvalue weighted by Crippen LogP contribution is 2.40. The number of methoxy groups -OCH3 is 1. The van der Waals surface area contributed by atoms with Crippen LogP contribution in [0.3, 0.4) is 0 Å². The van der Waals surface area contributed by atoms with Crippen LogP contribution in [0.15, 0.2) is 24.3 Å². The van der Waals surface area contributed by atoms with Gasteiger partial charge in [-0.05, 0) is 38.5 Å². The van der Waals surface area contributed by atoms with E-state index in [0.29, 0.717) is 0 Å². The molecule has 1 fully saturated rings. The van der Waals surface area contributed by atoms with Gasteiger partial charge in [-0.1, -0.05) is 12.1 Å². The van der Waals surface area contributed by atoms with Crippen LogP contribution in [0.5, 0.6) is 5.75 Å². The third kappa shape index (κ3) is 3.01. The summed E-state index contributed by atoms with van der Waals surface area (Å²) in [4.78, 5) is 11.8. The van der Waals surface area contributed by atoms with Crippen LogP contribution in [0.4, 0.5) is 0 Å². The predicted molar refractivity (Wildman–Crippen MR) is 66.5 cm³/mol. The zero-order valence-corrected chi connectivity index (χ0v) is 11.1. The summed E-state index contributed by atoms with van der Waals surface area (Å²) in [6.45, 7) is 5.53. The molecule has 0 aliphatic carbocycles. The van der Waals surface area contributed by atoms with Crippen molar-refractivity contribution in [3.8, 4) is 5.75 Å². The van der Waals surface area contributed by atoms with E-state index in [2.05, 4.69) is 0 Å². The molecule has 4 nitrogen and oxygen atoms in total. The molecule has 1 aliphatic rings. The molecule has 0 unspecified atom stereocenters. The third-order valence-corrected chi connectivity index (χ3v) is 2.58. The maximum absolute atomic E-state index is 11.8. The maximum atomic E-state index is 11.8. The molecule has 1 saturated heterocycles. The van der Waals surface area contributed by atoms with Gasteiger partial charge in [0.15, 0.2) is 6.10 Å². The van der Waals surface area contributed by atoms with E-state index in [4.69, 9.17) is 14.2 Å². The second kappa shape index (κ2) is 4.61. The van der Waals surface area contributed by atoms with Gasteiger partial charge in [0.2, 0.25) is 0 Å². The Morgan fingerprint density at radius 2 is 1.83 bits per heavy atom. The van der Waals surface area contributed by atoms with E-state index in [-0.39, 0.29) is 12.1 Å². The molecule has 0 N–H and O–H groups in total. The van der Waals surface area contributed by atoms with Crippen molar-refractivity contribution >= 4 is 5.97 Å². The second-order valence-electron chi connectivity index (χ2n) is 5.28. The van der Waals surface area contributed by atoms with E-state index in [1.807, 2.05) is 45.0 Å². The first-order valence-corrected chi connectivity index (χ1v) is 5.93. The summed E-state index contributed by atoms with van der Waals surface area (Å²) in [6, 6.07) is 7.49. The van der Waals surface area contributed by atoms with Crippen molar-refractivity contribution in [1.82, 2.24) is 0 Å². The summed E-state index contributed by atoms with van der Waals surface area (Å²) in [6.07, 6.45) is -0.664. The summed E-state index contributed by atoms with van der Waals surface area (Å²) in [5, 5.41) is 0. The van der Waals surface area contributed by atoms with Gasteiger partial charge in [-0.3, -0.25) is 0 Å². The van der Waals surface area contributed by atoms with Crippen LogP contribution in [0.25, 0.3) is 0 Å². The smallest absolute Gasteiger partial charge is 0.338 e. The van der Waals surface area contributed by atoms with Gasteiger partial charge in [0.25, 0.3) is 0 Å². The first-order chi connectivity index (χ1) is 8.40. The molecule has 1 heterocycles. The lowest BCUT2D eigenvalue weighted by molar-refractivity contribution is -0.156. The minimum Gasteiger partial charge on any atom is -0.497 e. The molecule has 0 bridgehead atoms. The van der Waals surface area contributed by atoms with Crippen LogP contribution in [-0.2, 0) is 14.3 Å². The SMILES string of the molecule is COc1ccc([C@@H]2O[C@@H]2C(=O)OC(C)(C)C)cc1. The van der Waals surface area contributed by atoms with Gasteiger partial charge in [-0.25, -0.2) is 4.79 Å². The van der Waals surface area contributed by atoms with Crippen LogP contribution in [0, 0.1) is 0 Å². The molecule has 2 atom stereocenters. The van der Waals surface area contributed by atoms with E-state index in [0.717, 1.165) is 11.3 Å². The first kappa shape index (κ1) is 12.9. The van der Waals surface area contributed by atoms with Gasteiger partial charge in [-0.15, -0.1) is 0 Å². The molecule has 18 heavy (non-hydrogen) atoms. The van der Waals surface area contributed by atoms with E-state index in [1.165, 1.54) is 0 Å². The van der Waals surface area contributed by atoms with Crippen molar-refractivity contribution in [2.45, 2.75) is 38.6 Å².